The Labute approximate surface area is 139 Å². The third kappa shape index (κ3) is 2.70. The molecule has 1 N–H and O–H groups in total. The molecule has 3 aromatic rings. The zero-order valence-corrected chi connectivity index (χ0v) is 13.9. The average Bonchev–Trinajstić information content (AvgIpc) is 3.25. The lowest BCUT2D eigenvalue weighted by atomic mass is 10.00. The number of hydrogen-bond acceptors (Lipinski definition) is 6. The highest BCUT2D eigenvalue weighted by molar-refractivity contribution is 5.72. The highest BCUT2D eigenvalue weighted by Gasteiger charge is 2.40. The molecule has 24 heavy (non-hydrogen) atoms. The van der Waals surface area contributed by atoms with Crippen LogP contribution in [0.1, 0.15) is 37.9 Å². The predicted molar refractivity (Wildman–Crippen MR) is 88.2 cm³/mol. The van der Waals surface area contributed by atoms with Gasteiger partial charge in [0.25, 0.3) is 0 Å². The van der Waals surface area contributed by atoms with E-state index in [4.69, 9.17) is 4.42 Å². The second-order valence-electron chi connectivity index (χ2n) is 6.75. The molecule has 0 amide bonds. The van der Waals surface area contributed by atoms with Gasteiger partial charge in [-0.05, 0) is 32.4 Å². The highest BCUT2D eigenvalue weighted by atomic mass is 16.3. The molecule has 1 aliphatic rings. The topological polar surface area (TPSA) is 80.2 Å². The maximum atomic E-state index is 10.9. The fraction of sp³-hybridized carbons (Fsp3) is 0.471. The Balaban J connectivity index is 1.48. The summed E-state index contributed by atoms with van der Waals surface area (Å²) in [6, 6.07) is 7.96. The van der Waals surface area contributed by atoms with Crippen molar-refractivity contribution in [3.8, 4) is 0 Å². The van der Waals surface area contributed by atoms with E-state index in [1.54, 1.807) is 4.68 Å². The number of benzene rings is 1. The lowest BCUT2D eigenvalue weighted by Crippen LogP contribution is -2.31. The van der Waals surface area contributed by atoms with Gasteiger partial charge in [0.2, 0.25) is 5.89 Å². The van der Waals surface area contributed by atoms with Crippen LogP contribution in [0.3, 0.4) is 0 Å². The molecule has 7 nitrogen and oxygen atoms in total. The van der Waals surface area contributed by atoms with Crippen molar-refractivity contribution in [2.45, 2.75) is 38.5 Å². The molecule has 4 rings (SSSR count). The summed E-state index contributed by atoms with van der Waals surface area (Å²) in [5.41, 5.74) is 1.33. The lowest BCUT2D eigenvalue weighted by molar-refractivity contribution is 0.0400. The van der Waals surface area contributed by atoms with Crippen LogP contribution in [0.15, 0.2) is 34.9 Å². The molecule has 2 aromatic heterocycles. The summed E-state index contributed by atoms with van der Waals surface area (Å²) >= 11 is 0. The quantitative estimate of drug-likeness (QED) is 0.790. The van der Waals surface area contributed by atoms with E-state index in [0.717, 1.165) is 17.6 Å². The standard InChI is InChI=1S/C17H21N5O2/c1-12(2)22-9-15(19-20-22)17(23)7-8-21(11-17)10-16-18-13-5-3-4-6-14(13)24-16/h3-6,9,12,23H,7-8,10-11H2,1-2H3/t17-/m1/s1. The van der Waals surface area contributed by atoms with Gasteiger partial charge in [-0.2, -0.15) is 0 Å². The fourth-order valence-electron chi connectivity index (χ4n) is 3.14. The number of β-amino-alcohol motifs (C(OH)–C–C–N with tert-alkyl or cyclic N) is 1. The number of nitrogens with zero attached hydrogens (tertiary/aromatic N) is 5. The van der Waals surface area contributed by atoms with Crippen LogP contribution in [0.2, 0.25) is 0 Å². The molecule has 1 aromatic carbocycles. The molecule has 0 aliphatic carbocycles. The van der Waals surface area contributed by atoms with Crippen LogP contribution in [0.5, 0.6) is 0 Å². The van der Waals surface area contributed by atoms with E-state index in [-0.39, 0.29) is 6.04 Å². The number of aromatic nitrogens is 4. The fourth-order valence-corrected chi connectivity index (χ4v) is 3.14. The van der Waals surface area contributed by atoms with E-state index < -0.39 is 5.60 Å². The maximum absolute atomic E-state index is 10.9. The van der Waals surface area contributed by atoms with Gasteiger partial charge in [-0.3, -0.25) is 4.90 Å². The van der Waals surface area contributed by atoms with Gasteiger partial charge in [-0.25, -0.2) is 9.67 Å². The summed E-state index contributed by atoms with van der Waals surface area (Å²) in [4.78, 5) is 6.64. The Bertz CT molecular complexity index is 822. The largest absolute Gasteiger partial charge is 0.439 e. The first-order valence-electron chi connectivity index (χ1n) is 8.25. The molecule has 1 aliphatic heterocycles. The van der Waals surface area contributed by atoms with Gasteiger partial charge in [0.1, 0.15) is 16.8 Å². The van der Waals surface area contributed by atoms with Crippen LogP contribution in [-0.4, -0.2) is 43.1 Å². The van der Waals surface area contributed by atoms with Crippen molar-refractivity contribution in [2.24, 2.45) is 0 Å². The highest BCUT2D eigenvalue weighted by Crippen LogP contribution is 2.31. The normalized spacial score (nSPS) is 22.0. The first-order chi connectivity index (χ1) is 11.5. The summed E-state index contributed by atoms with van der Waals surface area (Å²) in [5.74, 6) is 0.672. The van der Waals surface area contributed by atoms with Crippen molar-refractivity contribution in [3.05, 3.63) is 42.0 Å². The van der Waals surface area contributed by atoms with E-state index in [1.165, 1.54) is 0 Å². The molecular formula is C17H21N5O2. The third-order valence-electron chi connectivity index (χ3n) is 4.54. The van der Waals surface area contributed by atoms with E-state index in [1.807, 2.05) is 44.3 Å². The average molecular weight is 327 g/mol. The summed E-state index contributed by atoms with van der Waals surface area (Å²) in [6.45, 7) is 5.93. The molecular weight excluding hydrogens is 306 g/mol. The summed E-state index contributed by atoms with van der Waals surface area (Å²) in [5, 5.41) is 19.2. The number of aliphatic hydroxyl groups is 1. The molecule has 0 radical (unpaired) electrons. The maximum Gasteiger partial charge on any atom is 0.209 e. The molecule has 0 spiro atoms. The summed E-state index contributed by atoms with van der Waals surface area (Å²) in [7, 11) is 0. The molecule has 1 atom stereocenters. The number of para-hydroxylation sites is 2. The molecule has 0 bridgehead atoms. The number of rotatable bonds is 4. The van der Waals surface area contributed by atoms with Crippen molar-refractivity contribution in [2.75, 3.05) is 13.1 Å². The molecule has 0 unspecified atom stereocenters. The van der Waals surface area contributed by atoms with Crippen LogP contribution in [-0.2, 0) is 12.1 Å². The Morgan fingerprint density at radius 3 is 2.92 bits per heavy atom. The van der Waals surface area contributed by atoms with Gasteiger partial charge in [0.15, 0.2) is 5.58 Å². The summed E-state index contributed by atoms with van der Waals surface area (Å²) in [6.07, 6.45) is 2.47. The predicted octanol–water partition coefficient (Wildman–Crippen LogP) is 2.09. The van der Waals surface area contributed by atoms with Crippen molar-refractivity contribution in [1.82, 2.24) is 24.9 Å². The number of oxazole rings is 1. The molecule has 3 heterocycles. The second-order valence-corrected chi connectivity index (χ2v) is 6.75. The van der Waals surface area contributed by atoms with E-state index in [0.29, 0.717) is 31.1 Å². The minimum absolute atomic E-state index is 0.229. The van der Waals surface area contributed by atoms with Crippen LogP contribution in [0.25, 0.3) is 11.1 Å². The van der Waals surface area contributed by atoms with Gasteiger partial charge in [-0.1, -0.05) is 17.3 Å². The first-order valence-corrected chi connectivity index (χ1v) is 8.25. The molecule has 7 heteroatoms. The van der Waals surface area contributed by atoms with Crippen LogP contribution < -0.4 is 0 Å². The zero-order chi connectivity index (χ0) is 16.7. The van der Waals surface area contributed by atoms with Crippen LogP contribution >= 0.6 is 0 Å². The van der Waals surface area contributed by atoms with E-state index >= 15 is 0 Å². The Hall–Kier alpha value is -2.25. The summed E-state index contributed by atoms with van der Waals surface area (Å²) < 4.78 is 7.55. The van der Waals surface area contributed by atoms with E-state index in [2.05, 4.69) is 20.2 Å². The SMILES string of the molecule is CC(C)n1cc([C@@]2(O)CCN(Cc3nc4ccccc4o3)C2)nn1. The van der Waals surface area contributed by atoms with Gasteiger partial charge < -0.3 is 9.52 Å². The van der Waals surface area contributed by atoms with Crippen LogP contribution in [0, 0.1) is 0 Å². The van der Waals surface area contributed by atoms with Crippen molar-refractivity contribution in [3.63, 3.8) is 0 Å². The van der Waals surface area contributed by atoms with Gasteiger partial charge in [-0.15, -0.1) is 5.10 Å². The smallest absolute Gasteiger partial charge is 0.209 e. The second kappa shape index (κ2) is 5.68. The Morgan fingerprint density at radius 2 is 2.17 bits per heavy atom. The molecule has 1 fully saturated rings. The van der Waals surface area contributed by atoms with Crippen molar-refractivity contribution >= 4 is 11.1 Å². The van der Waals surface area contributed by atoms with Gasteiger partial charge in [0.05, 0.1) is 12.7 Å². The third-order valence-corrected chi connectivity index (χ3v) is 4.54. The zero-order valence-electron chi connectivity index (χ0n) is 13.9. The Kier molecular flexibility index (Phi) is 3.62. The van der Waals surface area contributed by atoms with Crippen molar-refractivity contribution in [1.29, 1.82) is 0 Å². The monoisotopic (exact) mass is 327 g/mol. The Morgan fingerprint density at radius 1 is 1.33 bits per heavy atom. The van der Waals surface area contributed by atoms with Gasteiger partial charge in [0, 0.05) is 19.1 Å². The van der Waals surface area contributed by atoms with E-state index in [9.17, 15) is 5.11 Å². The minimum Gasteiger partial charge on any atom is -0.439 e. The lowest BCUT2D eigenvalue weighted by Gasteiger charge is -2.20. The number of fused-ring (bicyclic) bond motifs is 1. The number of hydrogen-bond donors (Lipinski definition) is 1. The molecule has 126 valence electrons. The molecule has 1 saturated heterocycles. The first kappa shape index (κ1) is 15.3. The molecule has 0 saturated carbocycles. The number of likely N-dealkylation sites (tertiary alicyclic amines) is 1. The minimum atomic E-state index is -0.959. The van der Waals surface area contributed by atoms with Gasteiger partial charge >= 0.3 is 0 Å². The van der Waals surface area contributed by atoms with Crippen LogP contribution in [0.4, 0.5) is 0 Å². The van der Waals surface area contributed by atoms with Crippen molar-refractivity contribution < 1.29 is 9.52 Å².